The van der Waals surface area contributed by atoms with Gasteiger partial charge in [-0.3, -0.25) is 0 Å². The largest absolute Gasteiger partial charge is 0.379 e. The zero-order chi connectivity index (χ0) is 11.5. The van der Waals surface area contributed by atoms with Crippen molar-refractivity contribution in [3.05, 3.63) is 47.0 Å². The van der Waals surface area contributed by atoms with Gasteiger partial charge in [-0.05, 0) is 32.4 Å². The van der Waals surface area contributed by atoms with Crippen LogP contribution in [0.25, 0.3) is 0 Å². The monoisotopic (exact) mass is 215 g/mol. The maximum atomic E-state index is 4.17. The average Bonchev–Trinajstić information content (AvgIpc) is 2.63. The minimum Gasteiger partial charge on any atom is -0.379 e. The molecule has 0 amide bonds. The summed E-state index contributed by atoms with van der Waals surface area (Å²) in [6, 6.07) is 6.42. The SMILES string of the molecule is Cc1ccc(NCc2cnc(C)[nH]2)c(C)c1. The molecular formula is C13H17N3. The predicted octanol–water partition coefficient (Wildman–Crippen LogP) is 2.95. The Bertz CT molecular complexity index is 486. The molecule has 3 nitrogen and oxygen atoms in total. The highest BCUT2D eigenvalue weighted by Crippen LogP contribution is 2.16. The van der Waals surface area contributed by atoms with Gasteiger partial charge in [0, 0.05) is 5.69 Å². The number of aromatic nitrogens is 2. The van der Waals surface area contributed by atoms with Gasteiger partial charge in [0.1, 0.15) is 5.82 Å². The Morgan fingerprint density at radius 1 is 1.25 bits per heavy atom. The molecule has 3 heteroatoms. The normalized spacial score (nSPS) is 10.4. The lowest BCUT2D eigenvalue weighted by Crippen LogP contribution is -2.01. The van der Waals surface area contributed by atoms with E-state index in [2.05, 4.69) is 47.3 Å². The Morgan fingerprint density at radius 3 is 2.69 bits per heavy atom. The fourth-order valence-electron chi connectivity index (χ4n) is 1.76. The molecule has 0 spiro atoms. The van der Waals surface area contributed by atoms with Gasteiger partial charge in [0.05, 0.1) is 18.4 Å². The lowest BCUT2D eigenvalue weighted by molar-refractivity contribution is 1.04. The summed E-state index contributed by atoms with van der Waals surface area (Å²) in [7, 11) is 0. The molecule has 1 aromatic carbocycles. The second-order valence-corrected chi connectivity index (χ2v) is 4.17. The van der Waals surface area contributed by atoms with Crippen LogP contribution in [0.3, 0.4) is 0 Å². The van der Waals surface area contributed by atoms with E-state index < -0.39 is 0 Å². The number of aryl methyl sites for hydroxylation is 3. The van der Waals surface area contributed by atoms with Gasteiger partial charge in [-0.1, -0.05) is 17.7 Å². The van der Waals surface area contributed by atoms with Crippen molar-refractivity contribution in [2.24, 2.45) is 0 Å². The number of imidazole rings is 1. The molecule has 0 atom stereocenters. The standard InChI is InChI=1S/C13H17N3/c1-9-4-5-13(10(2)6-9)15-8-12-7-14-11(3)16-12/h4-7,15H,8H2,1-3H3,(H,14,16). The highest BCUT2D eigenvalue weighted by Gasteiger charge is 1.99. The number of rotatable bonds is 3. The number of benzene rings is 1. The Kier molecular flexibility index (Phi) is 2.95. The third-order valence-corrected chi connectivity index (χ3v) is 2.61. The molecule has 2 aromatic rings. The maximum Gasteiger partial charge on any atom is 0.103 e. The van der Waals surface area contributed by atoms with Crippen LogP contribution in [0.4, 0.5) is 5.69 Å². The van der Waals surface area contributed by atoms with E-state index in [1.54, 1.807) is 0 Å². The summed E-state index contributed by atoms with van der Waals surface area (Å²) < 4.78 is 0. The molecule has 0 fully saturated rings. The summed E-state index contributed by atoms with van der Waals surface area (Å²) in [5.74, 6) is 0.956. The summed E-state index contributed by atoms with van der Waals surface area (Å²) in [4.78, 5) is 7.37. The Balaban J connectivity index is 2.04. The van der Waals surface area contributed by atoms with Crippen molar-refractivity contribution in [3.63, 3.8) is 0 Å². The smallest absolute Gasteiger partial charge is 0.103 e. The molecule has 1 aromatic heterocycles. The number of nitrogens with one attached hydrogen (secondary N) is 2. The van der Waals surface area contributed by atoms with E-state index in [9.17, 15) is 0 Å². The van der Waals surface area contributed by atoms with E-state index in [4.69, 9.17) is 0 Å². The van der Waals surface area contributed by atoms with Crippen molar-refractivity contribution in [2.75, 3.05) is 5.32 Å². The molecule has 0 saturated heterocycles. The number of nitrogens with zero attached hydrogens (tertiary/aromatic N) is 1. The highest BCUT2D eigenvalue weighted by molar-refractivity contribution is 5.51. The van der Waals surface area contributed by atoms with Crippen LogP contribution in [0.1, 0.15) is 22.6 Å². The van der Waals surface area contributed by atoms with Crippen molar-refractivity contribution in [2.45, 2.75) is 27.3 Å². The maximum absolute atomic E-state index is 4.17. The zero-order valence-electron chi connectivity index (χ0n) is 9.96. The molecule has 0 bridgehead atoms. The van der Waals surface area contributed by atoms with Crippen molar-refractivity contribution in [1.29, 1.82) is 0 Å². The third-order valence-electron chi connectivity index (χ3n) is 2.61. The molecular weight excluding hydrogens is 198 g/mol. The van der Waals surface area contributed by atoms with Crippen LogP contribution in [0, 0.1) is 20.8 Å². The second-order valence-electron chi connectivity index (χ2n) is 4.17. The molecule has 0 saturated carbocycles. The first-order valence-electron chi connectivity index (χ1n) is 5.47. The van der Waals surface area contributed by atoms with Gasteiger partial charge < -0.3 is 10.3 Å². The van der Waals surface area contributed by atoms with Crippen molar-refractivity contribution in [3.8, 4) is 0 Å². The number of anilines is 1. The first-order valence-corrected chi connectivity index (χ1v) is 5.47. The van der Waals surface area contributed by atoms with Gasteiger partial charge in [0.15, 0.2) is 0 Å². The molecule has 0 radical (unpaired) electrons. The van der Waals surface area contributed by atoms with Gasteiger partial charge >= 0.3 is 0 Å². The van der Waals surface area contributed by atoms with Crippen LogP contribution in [-0.2, 0) is 6.54 Å². The fourth-order valence-corrected chi connectivity index (χ4v) is 1.76. The van der Waals surface area contributed by atoms with Crippen LogP contribution < -0.4 is 5.32 Å². The lowest BCUT2D eigenvalue weighted by Gasteiger charge is -2.08. The molecule has 0 aliphatic rings. The van der Waals surface area contributed by atoms with Gasteiger partial charge in [-0.2, -0.15) is 0 Å². The Hall–Kier alpha value is -1.77. The van der Waals surface area contributed by atoms with Crippen LogP contribution in [0.2, 0.25) is 0 Å². The minimum atomic E-state index is 0.782. The Labute approximate surface area is 95.9 Å². The number of H-pyrrole nitrogens is 1. The Morgan fingerprint density at radius 2 is 2.06 bits per heavy atom. The molecule has 1 heterocycles. The molecule has 2 N–H and O–H groups in total. The lowest BCUT2D eigenvalue weighted by atomic mass is 10.1. The quantitative estimate of drug-likeness (QED) is 0.826. The van der Waals surface area contributed by atoms with Crippen LogP contribution >= 0.6 is 0 Å². The van der Waals surface area contributed by atoms with Crippen molar-refractivity contribution >= 4 is 5.69 Å². The third kappa shape index (κ3) is 2.42. The summed E-state index contributed by atoms with van der Waals surface area (Å²) in [6.45, 7) is 6.97. The molecule has 84 valence electrons. The summed E-state index contributed by atoms with van der Waals surface area (Å²) in [5, 5.41) is 3.40. The van der Waals surface area contributed by atoms with E-state index in [1.165, 1.54) is 16.8 Å². The molecule has 0 aliphatic heterocycles. The minimum absolute atomic E-state index is 0.782. The van der Waals surface area contributed by atoms with Gasteiger partial charge in [0.2, 0.25) is 0 Å². The topological polar surface area (TPSA) is 40.7 Å². The fraction of sp³-hybridized carbons (Fsp3) is 0.308. The predicted molar refractivity (Wildman–Crippen MR) is 66.6 cm³/mol. The first kappa shape index (κ1) is 10.7. The average molecular weight is 215 g/mol. The van der Waals surface area contributed by atoms with E-state index >= 15 is 0 Å². The first-order chi connectivity index (χ1) is 7.65. The van der Waals surface area contributed by atoms with E-state index in [1.807, 2.05) is 13.1 Å². The highest BCUT2D eigenvalue weighted by atomic mass is 15.0. The number of aromatic amines is 1. The van der Waals surface area contributed by atoms with E-state index in [0.29, 0.717) is 0 Å². The van der Waals surface area contributed by atoms with Gasteiger partial charge in [-0.15, -0.1) is 0 Å². The molecule has 2 rings (SSSR count). The van der Waals surface area contributed by atoms with Gasteiger partial charge in [-0.25, -0.2) is 4.98 Å². The summed E-state index contributed by atoms with van der Waals surface area (Å²) >= 11 is 0. The zero-order valence-corrected chi connectivity index (χ0v) is 9.96. The van der Waals surface area contributed by atoms with Crippen molar-refractivity contribution < 1.29 is 0 Å². The summed E-state index contributed by atoms with van der Waals surface area (Å²) in [5.41, 5.74) is 4.85. The molecule has 0 unspecified atom stereocenters. The van der Waals surface area contributed by atoms with E-state index in [-0.39, 0.29) is 0 Å². The second kappa shape index (κ2) is 4.39. The van der Waals surface area contributed by atoms with Crippen LogP contribution in [0.5, 0.6) is 0 Å². The van der Waals surface area contributed by atoms with Crippen LogP contribution in [0.15, 0.2) is 24.4 Å². The van der Waals surface area contributed by atoms with Gasteiger partial charge in [0.25, 0.3) is 0 Å². The van der Waals surface area contributed by atoms with E-state index in [0.717, 1.165) is 18.1 Å². The van der Waals surface area contributed by atoms with Crippen molar-refractivity contribution in [1.82, 2.24) is 9.97 Å². The molecule has 16 heavy (non-hydrogen) atoms. The summed E-state index contributed by atoms with van der Waals surface area (Å²) in [6.07, 6.45) is 1.87. The molecule has 0 aliphatic carbocycles. The number of hydrogen-bond donors (Lipinski definition) is 2. The van der Waals surface area contributed by atoms with Crippen LogP contribution in [-0.4, -0.2) is 9.97 Å². The number of hydrogen-bond acceptors (Lipinski definition) is 2.